The fourth-order valence-corrected chi connectivity index (χ4v) is 3.97. The molecule has 146 valence electrons. The Bertz CT molecular complexity index is 695. The Morgan fingerprint density at radius 1 is 1.42 bits per heavy atom. The summed E-state index contributed by atoms with van der Waals surface area (Å²) in [4.78, 5) is 39.9. The van der Waals surface area contributed by atoms with Crippen LogP contribution in [0, 0.1) is 0 Å². The number of ether oxygens (including phenoxy) is 1. The zero-order valence-electron chi connectivity index (χ0n) is 14.8. The first-order chi connectivity index (χ1) is 12.1. The number of carbonyl (C=O) groups is 3. The molecule has 0 aromatic carbocycles. The molecule has 2 atom stereocenters. The summed E-state index contributed by atoms with van der Waals surface area (Å²) in [7, 11) is -3.73. The standard InChI is InChI=1S/C15H23N3O7S/c1-4-7-24-14(21)18-9-12(25-26(3,22)23)8-15(18,2)17-6-5-16(11-19)10-13(17)20/h4,11-12H,1,5-10H2,2-3H3/t12-,15+/m1/s1. The molecule has 0 aromatic rings. The Kier molecular flexibility index (Phi) is 5.91. The first-order valence-electron chi connectivity index (χ1n) is 8.04. The van der Waals surface area contributed by atoms with E-state index in [2.05, 4.69) is 6.58 Å². The second-order valence-corrected chi connectivity index (χ2v) is 8.04. The van der Waals surface area contributed by atoms with E-state index in [9.17, 15) is 22.8 Å². The van der Waals surface area contributed by atoms with Crippen molar-refractivity contribution >= 4 is 28.5 Å². The van der Waals surface area contributed by atoms with Crippen molar-refractivity contribution in [2.24, 2.45) is 0 Å². The second-order valence-electron chi connectivity index (χ2n) is 6.44. The fourth-order valence-electron chi connectivity index (χ4n) is 3.34. The average Bonchev–Trinajstić information content (AvgIpc) is 2.87. The lowest BCUT2D eigenvalue weighted by Crippen LogP contribution is -2.64. The number of nitrogens with zero attached hydrogens (tertiary/aromatic N) is 3. The van der Waals surface area contributed by atoms with Gasteiger partial charge in [0, 0.05) is 19.5 Å². The van der Waals surface area contributed by atoms with Crippen molar-refractivity contribution in [3.8, 4) is 0 Å². The highest BCUT2D eigenvalue weighted by atomic mass is 32.2. The van der Waals surface area contributed by atoms with Crippen molar-refractivity contribution in [2.75, 3.05) is 39.0 Å². The smallest absolute Gasteiger partial charge is 0.412 e. The second kappa shape index (κ2) is 7.62. The molecule has 2 heterocycles. The van der Waals surface area contributed by atoms with Crippen molar-refractivity contribution in [3.05, 3.63) is 12.7 Å². The third kappa shape index (κ3) is 4.33. The van der Waals surface area contributed by atoms with Crippen LogP contribution in [0.3, 0.4) is 0 Å². The molecule has 0 spiro atoms. The van der Waals surface area contributed by atoms with Crippen molar-refractivity contribution in [2.45, 2.75) is 25.1 Å². The minimum Gasteiger partial charge on any atom is -0.445 e. The van der Waals surface area contributed by atoms with Gasteiger partial charge in [-0.15, -0.1) is 0 Å². The van der Waals surface area contributed by atoms with E-state index in [4.69, 9.17) is 8.92 Å². The number of hydrogen-bond donors (Lipinski definition) is 0. The zero-order valence-corrected chi connectivity index (χ0v) is 15.6. The van der Waals surface area contributed by atoms with Crippen LogP contribution in [0.4, 0.5) is 4.79 Å². The summed E-state index contributed by atoms with van der Waals surface area (Å²) in [5.41, 5.74) is -1.13. The Hall–Kier alpha value is -2.14. The third-order valence-electron chi connectivity index (χ3n) is 4.42. The van der Waals surface area contributed by atoms with Gasteiger partial charge >= 0.3 is 6.09 Å². The SMILES string of the molecule is C=CCOC(=O)N1C[C@H](OS(C)(=O)=O)C[C@@]1(C)N1CCN(C=O)CC1=O. The van der Waals surface area contributed by atoms with Crippen LogP contribution in [0.5, 0.6) is 0 Å². The predicted molar refractivity (Wildman–Crippen MR) is 90.3 cm³/mol. The monoisotopic (exact) mass is 389 g/mol. The summed E-state index contributed by atoms with van der Waals surface area (Å²) >= 11 is 0. The van der Waals surface area contributed by atoms with Gasteiger partial charge in [0.25, 0.3) is 10.1 Å². The Morgan fingerprint density at radius 2 is 2.12 bits per heavy atom. The van der Waals surface area contributed by atoms with Crippen molar-refractivity contribution in [3.63, 3.8) is 0 Å². The molecule has 26 heavy (non-hydrogen) atoms. The molecule has 0 saturated carbocycles. The van der Waals surface area contributed by atoms with Crippen LogP contribution in [0.1, 0.15) is 13.3 Å². The van der Waals surface area contributed by atoms with E-state index in [1.807, 2.05) is 0 Å². The van der Waals surface area contributed by atoms with Crippen LogP contribution in [-0.2, 0) is 28.6 Å². The summed E-state index contributed by atoms with van der Waals surface area (Å²) in [5, 5.41) is 0. The van der Waals surface area contributed by atoms with E-state index in [1.54, 1.807) is 6.92 Å². The minimum absolute atomic E-state index is 0.0180. The molecule has 0 bridgehead atoms. The quantitative estimate of drug-likeness (QED) is 0.338. The van der Waals surface area contributed by atoms with E-state index in [-0.39, 0.29) is 38.6 Å². The van der Waals surface area contributed by atoms with Crippen molar-refractivity contribution < 1.29 is 31.7 Å². The number of hydrogen-bond acceptors (Lipinski definition) is 7. The molecule has 2 fully saturated rings. The number of likely N-dealkylation sites (tertiary alicyclic amines) is 1. The van der Waals surface area contributed by atoms with Gasteiger partial charge in [0.05, 0.1) is 25.4 Å². The van der Waals surface area contributed by atoms with Gasteiger partial charge in [-0.3, -0.25) is 18.7 Å². The maximum absolute atomic E-state index is 12.5. The zero-order chi connectivity index (χ0) is 19.5. The van der Waals surface area contributed by atoms with E-state index < -0.39 is 28.0 Å². The molecule has 2 saturated heterocycles. The van der Waals surface area contributed by atoms with Crippen LogP contribution in [0.2, 0.25) is 0 Å². The summed E-state index contributed by atoms with van der Waals surface area (Å²) in [6.45, 7) is 5.50. The molecule has 0 unspecified atom stereocenters. The highest BCUT2D eigenvalue weighted by Gasteiger charge is 2.52. The highest BCUT2D eigenvalue weighted by molar-refractivity contribution is 7.86. The summed E-state index contributed by atoms with van der Waals surface area (Å²) in [6, 6.07) is 0. The predicted octanol–water partition coefficient (Wildman–Crippen LogP) is -0.624. The van der Waals surface area contributed by atoms with E-state index in [1.165, 1.54) is 20.8 Å². The Balaban J connectivity index is 2.27. The topological polar surface area (TPSA) is 114 Å². The van der Waals surface area contributed by atoms with Crippen molar-refractivity contribution in [1.29, 1.82) is 0 Å². The van der Waals surface area contributed by atoms with Gasteiger partial charge in [-0.25, -0.2) is 4.79 Å². The molecule has 0 aliphatic carbocycles. The largest absolute Gasteiger partial charge is 0.445 e. The maximum atomic E-state index is 12.5. The molecule has 2 aliphatic heterocycles. The number of amides is 3. The lowest BCUT2D eigenvalue weighted by atomic mass is 10.0. The lowest BCUT2D eigenvalue weighted by molar-refractivity contribution is -0.151. The van der Waals surface area contributed by atoms with E-state index >= 15 is 0 Å². The molecule has 0 N–H and O–H groups in total. The first-order valence-corrected chi connectivity index (χ1v) is 9.85. The molecule has 0 radical (unpaired) electrons. The van der Waals surface area contributed by atoms with Crippen molar-refractivity contribution in [1.82, 2.24) is 14.7 Å². The molecular weight excluding hydrogens is 366 g/mol. The molecule has 2 rings (SSSR count). The molecule has 3 amide bonds. The Morgan fingerprint density at radius 3 is 2.65 bits per heavy atom. The van der Waals surface area contributed by atoms with Gasteiger partial charge in [-0.1, -0.05) is 12.7 Å². The summed E-state index contributed by atoms with van der Waals surface area (Å²) in [6.07, 6.45) is 1.54. The average molecular weight is 389 g/mol. The van der Waals surface area contributed by atoms with Gasteiger partial charge in [-0.05, 0) is 6.92 Å². The van der Waals surface area contributed by atoms with E-state index in [0.29, 0.717) is 13.0 Å². The van der Waals surface area contributed by atoms with Gasteiger partial charge < -0.3 is 14.5 Å². The fraction of sp³-hybridized carbons (Fsp3) is 0.667. The number of carbonyl (C=O) groups excluding carboxylic acids is 3. The van der Waals surface area contributed by atoms with Gasteiger partial charge in [0.2, 0.25) is 12.3 Å². The van der Waals surface area contributed by atoms with Gasteiger partial charge in [-0.2, -0.15) is 8.42 Å². The van der Waals surface area contributed by atoms with Gasteiger partial charge in [0.1, 0.15) is 12.3 Å². The summed E-state index contributed by atoms with van der Waals surface area (Å²) < 4.78 is 33.1. The van der Waals surface area contributed by atoms with Crippen LogP contribution in [0.15, 0.2) is 12.7 Å². The lowest BCUT2D eigenvalue weighted by Gasteiger charge is -2.46. The minimum atomic E-state index is -3.73. The van der Waals surface area contributed by atoms with E-state index in [0.717, 1.165) is 6.26 Å². The number of rotatable bonds is 6. The first kappa shape index (κ1) is 20.2. The molecule has 0 aromatic heterocycles. The van der Waals surface area contributed by atoms with Crippen LogP contribution < -0.4 is 0 Å². The molecule has 11 heteroatoms. The maximum Gasteiger partial charge on any atom is 0.412 e. The molecule has 10 nitrogen and oxygen atoms in total. The molecular formula is C15H23N3O7S. The normalized spacial score (nSPS) is 26.8. The third-order valence-corrected chi connectivity index (χ3v) is 5.04. The highest BCUT2D eigenvalue weighted by Crippen LogP contribution is 2.36. The van der Waals surface area contributed by atoms with Crippen LogP contribution >= 0.6 is 0 Å². The van der Waals surface area contributed by atoms with Gasteiger partial charge in [0.15, 0.2) is 0 Å². The number of piperazine rings is 1. The Labute approximate surface area is 152 Å². The van der Waals surface area contributed by atoms with Crippen LogP contribution in [0.25, 0.3) is 0 Å². The molecule has 2 aliphatic rings. The summed E-state index contributed by atoms with van der Waals surface area (Å²) in [5.74, 6) is -0.340. The van der Waals surface area contributed by atoms with Crippen LogP contribution in [-0.4, -0.2) is 92.3 Å².